The number of hydrogen-bond acceptors (Lipinski definition) is 1. The summed E-state index contributed by atoms with van der Waals surface area (Å²) >= 11 is 0. The van der Waals surface area contributed by atoms with Gasteiger partial charge in [0, 0.05) is 0 Å². The number of nitrogens with zero attached hydrogens (tertiary/aromatic N) is 1. The van der Waals surface area contributed by atoms with E-state index in [0.717, 1.165) is 11.5 Å². The van der Waals surface area contributed by atoms with Gasteiger partial charge in [0.15, 0.2) is 0 Å². The summed E-state index contributed by atoms with van der Waals surface area (Å²) in [7, 11) is 0. The molecule has 0 bridgehead atoms. The van der Waals surface area contributed by atoms with Crippen molar-refractivity contribution < 1.29 is 0 Å². The van der Waals surface area contributed by atoms with E-state index in [1.54, 1.807) is 0 Å². The first-order valence-electron chi connectivity index (χ1n) is 7.50. The SMILES string of the molecule is CCCC=C[C@H]1CC[C@H](c2ccccc2C#N)CC1. The van der Waals surface area contributed by atoms with Crippen LogP contribution in [-0.2, 0) is 0 Å². The zero-order valence-corrected chi connectivity index (χ0v) is 11.8. The van der Waals surface area contributed by atoms with Gasteiger partial charge in [-0.25, -0.2) is 0 Å². The second-order valence-electron chi connectivity index (χ2n) is 5.53. The predicted molar refractivity (Wildman–Crippen MR) is 79.9 cm³/mol. The van der Waals surface area contributed by atoms with Gasteiger partial charge in [-0.15, -0.1) is 0 Å². The average Bonchev–Trinajstić information content (AvgIpc) is 2.48. The van der Waals surface area contributed by atoms with Crippen molar-refractivity contribution in [1.29, 1.82) is 5.26 Å². The Morgan fingerprint density at radius 3 is 2.63 bits per heavy atom. The third-order valence-electron chi connectivity index (χ3n) is 4.16. The Kier molecular flexibility index (Phi) is 5.21. The van der Waals surface area contributed by atoms with Gasteiger partial charge in [0.1, 0.15) is 0 Å². The quantitative estimate of drug-likeness (QED) is 0.677. The van der Waals surface area contributed by atoms with E-state index in [9.17, 15) is 5.26 Å². The van der Waals surface area contributed by atoms with Gasteiger partial charge in [-0.05, 0) is 55.6 Å². The van der Waals surface area contributed by atoms with Crippen LogP contribution in [0.15, 0.2) is 36.4 Å². The van der Waals surface area contributed by atoms with Crippen LogP contribution in [-0.4, -0.2) is 0 Å². The van der Waals surface area contributed by atoms with Crippen LogP contribution in [0.3, 0.4) is 0 Å². The highest BCUT2D eigenvalue weighted by Crippen LogP contribution is 2.37. The molecule has 1 saturated carbocycles. The first kappa shape index (κ1) is 13.9. The molecule has 1 aliphatic carbocycles. The number of nitriles is 1. The standard InChI is InChI=1S/C18H23N/c1-2-3-4-7-15-10-12-16(13-11-15)18-9-6-5-8-17(18)14-19/h4-9,15-16H,2-3,10-13H2,1H3/t15-,16-. The highest BCUT2D eigenvalue weighted by Gasteiger charge is 2.22. The number of hydrogen-bond donors (Lipinski definition) is 0. The summed E-state index contributed by atoms with van der Waals surface area (Å²) in [5.41, 5.74) is 2.13. The number of unbranched alkanes of at least 4 members (excludes halogenated alkanes) is 1. The second kappa shape index (κ2) is 7.14. The lowest BCUT2D eigenvalue weighted by molar-refractivity contribution is 0.375. The molecule has 0 unspecified atom stereocenters. The van der Waals surface area contributed by atoms with E-state index in [-0.39, 0.29) is 0 Å². The molecule has 0 aliphatic heterocycles. The maximum absolute atomic E-state index is 9.18. The van der Waals surface area contributed by atoms with Crippen molar-refractivity contribution in [2.24, 2.45) is 5.92 Å². The fourth-order valence-corrected chi connectivity index (χ4v) is 3.03. The Hall–Kier alpha value is -1.55. The number of rotatable bonds is 4. The molecule has 19 heavy (non-hydrogen) atoms. The van der Waals surface area contributed by atoms with Crippen LogP contribution in [0.5, 0.6) is 0 Å². The van der Waals surface area contributed by atoms with Crippen molar-refractivity contribution in [3.63, 3.8) is 0 Å². The summed E-state index contributed by atoms with van der Waals surface area (Å²) in [6.45, 7) is 2.22. The van der Waals surface area contributed by atoms with Gasteiger partial charge in [-0.1, -0.05) is 43.7 Å². The molecule has 1 fully saturated rings. The molecule has 1 aliphatic rings. The van der Waals surface area contributed by atoms with Gasteiger partial charge >= 0.3 is 0 Å². The minimum absolute atomic E-state index is 0.590. The Morgan fingerprint density at radius 1 is 1.21 bits per heavy atom. The Balaban J connectivity index is 1.95. The highest BCUT2D eigenvalue weighted by atomic mass is 14.3. The van der Waals surface area contributed by atoms with Crippen molar-refractivity contribution in [3.8, 4) is 6.07 Å². The molecular weight excluding hydrogens is 230 g/mol. The molecule has 1 heteroatoms. The van der Waals surface area contributed by atoms with Crippen molar-refractivity contribution in [3.05, 3.63) is 47.5 Å². The smallest absolute Gasteiger partial charge is 0.0994 e. The zero-order valence-electron chi connectivity index (χ0n) is 11.8. The van der Waals surface area contributed by atoms with Crippen LogP contribution >= 0.6 is 0 Å². The fourth-order valence-electron chi connectivity index (χ4n) is 3.03. The maximum atomic E-state index is 9.18. The lowest BCUT2D eigenvalue weighted by Gasteiger charge is -2.27. The average molecular weight is 253 g/mol. The van der Waals surface area contributed by atoms with Gasteiger partial charge in [0.25, 0.3) is 0 Å². The van der Waals surface area contributed by atoms with Gasteiger partial charge in [0.05, 0.1) is 11.6 Å². The summed E-state index contributed by atoms with van der Waals surface area (Å²) in [6, 6.07) is 10.4. The molecule has 0 saturated heterocycles. The zero-order chi connectivity index (χ0) is 13.5. The van der Waals surface area contributed by atoms with Gasteiger partial charge in [-0.3, -0.25) is 0 Å². The lowest BCUT2D eigenvalue weighted by atomic mass is 9.77. The number of benzene rings is 1. The summed E-state index contributed by atoms with van der Waals surface area (Å²) in [6.07, 6.45) is 12.2. The third-order valence-corrected chi connectivity index (χ3v) is 4.16. The van der Waals surface area contributed by atoms with Crippen LogP contribution < -0.4 is 0 Å². The molecule has 0 N–H and O–H groups in total. The lowest BCUT2D eigenvalue weighted by Crippen LogP contribution is -2.12. The molecule has 0 amide bonds. The molecule has 0 spiro atoms. The van der Waals surface area contributed by atoms with Crippen LogP contribution in [0.25, 0.3) is 0 Å². The van der Waals surface area contributed by atoms with Crippen molar-refractivity contribution in [2.45, 2.75) is 51.4 Å². The molecule has 0 radical (unpaired) electrons. The Labute approximate surface area is 117 Å². The number of allylic oxidation sites excluding steroid dienone is 2. The molecule has 1 aromatic rings. The molecule has 100 valence electrons. The van der Waals surface area contributed by atoms with E-state index in [2.05, 4.69) is 37.3 Å². The molecule has 0 heterocycles. The Morgan fingerprint density at radius 2 is 1.95 bits per heavy atom. The van der Waals surface area contributed by atoms with E-state index >= 15 is 0 Å². The third kappa shape index (κ3) is 3.70. The normalized spacial score (nSPS) is 23.4. The monoisotopic (exact) mass is 253 g/mol. The molecule has 1 nitrogen and oxygen atoms in total. The van der Waals surface area contributed by atoms with E-state index in [1.807, 2.05) is 12.1 Å². The summed E-state index contributed by atoms with van der Waals surface area (Å²) in [4.78, 5) is 0. The predicted octanol–water partition coefficient (Wildman–Crippen LogP) is 5.19. The Bertz CT molecular complexity index is 459. The van der Waals surface area contributed by atoms with E-state index in [0.29, 0.717) is 5.92 Å². The molecule has 2 rings (SSSR count). The molecule has 0 atom stereocenters. The van der Waals surface area contributed by atoms with E-state index in [4.69, 9.17) is 0 Å². The van der Waals surface area contributed by atoms with Crippen LogP contribution in [0.1, 0.15) is 62.5 Å². The van der Waals surface area contributed by atoms with Gasteiger partial charge in [0.2, 0.25) is 0 Å². The minimum atomic E-state index is 0.590. The molecule has 1 aromatic carbocycles. The topological polar surface area (TPSA) is 23.8 Å². The molecular formula is C18H23N. The summed E-state index contributed by atoms with van der Waals surface area (Å²) in [5, 5.41) is 9.18. The first-order valence-corrected chi connectivity index (χ1v) is 7.50. The first-order chi connectivity index (χ1) is 9.35. The maximum Gasteiger partial charge on any atom is 0.0994 e. The second-order valence-corrected chi connectivity index (χ2v) is 5.53. The largest absolute Gasteiger partial charge is 0.192 e. The molecule has 0 aromatic heterocycles. The minimum Gasteiger partial charge on any atom is -0.192 e. The van der Waals surface area contributed by atoms with Crippen LogP contribution in [0, 0.1) is 17.2 Å². The van der Waals surface area contributed by atoms with Crippen molar-refractivity contribution in [2.75, 3.05) is 0 Å². The fraction of sp³-hybridized carbons (Fsp3) is 0.500. The highest BCUT2D eigenvalue weighted by molar-refractivity contribution is 5.39. The summed E-state index contributed by atoms with van der Waals surface area (Å²) in [5.74, 6) is 1.35. The van der Waals surface area contributed by atoms with E-state index in [1.165, 1.54) is 44.1 Å². The van der Waals surface area contributed by atoms with Crippen molar-refractivity contribution >= 4 is 0 Å². The van der Waals surface area contributed by atoms with Gasteiger partial charge in [-0.2, -0.15) is 5.26 Å². The van der Waals surface area contributed by atoms with Crippen LogP contribution in [0.4, 0.5) is 0 Å². The van der Waals surface area contributed by atoms with Crippen LogP contribution in [0.2, 0.25) is 0 Å². The van der Waals surface area contributed by atoms with Crippen molar-refractivity contribution in [1.82, 2.24) is 0 Å². The van der Waals surface area contributed by atoms with E-state index < -0.39 is 0 Å². The van der Waals surface area contributed by atoms with Gasteiger partial charge < -0.3 is 0 Å². The summed E-state index contributed by atoms with van der Waals surface area (Å²) < 4.78 is 0.